The number of hydrogen-bond donors (Lipinski definition) is 5. The first-order valence-electron chi connectivity index (χ1n) is 9.86. The van der Waals surface area contributed by atoms with Crippen molar-refractivity contribution in [2.45, 2.75) is 18.5 Å². The zero-order chi connectivity index (χ0) is 25.1. The molecule has 0 aromatic heterocycles. The number of aldehydes is 2. The van der Waals surface area contributed by atoms with E-state index in [1.54, 1.807) is 13.1 Å². The Morgan fingerprint density at radius 1 is 1.03 bits per heavy atom. The van der Waals surface area contributed by atoms with Gasteiger partial charge in [0.05, 0.1) is 19.1 Å². The van der Waals surface area contributed by atoms with Crippen LogP contribution in [0.4, 0.5) is 0 Å². The summed E-state index contributed by atoms with van der Waals surface area (Å²) in [7, 11) is 1.61. The molecule has 3 atom stereocenters. The maximum Gasteiger partial charge on any atom is 0.244 e. The molecular formula is C21H30N5O6P. The van der Waals surface area contributed by atoms with Gasteiger partial charge in [0.25, 0.3) is 0 Å². The summed E-state index contributed by atoms with van der Waals surface area (Å²) in [5, 5.41) is 12.6. The van der Waals surface area contributed by atoms with Crippen molar-refractivity contribution < 1.29 is 28.8 Å². The van der Waals surface area contributed by atoms with Crippen LogP contribution in [0.3, 0.4) is 0 Å². The molecule has 0 saturated heterocycles. The fraction of sp³-hybridized carbons (Fsp3) is 0.333. The summed E-state index contributed by atoms with van der Waals surface area (Å²) < 4.78 is 0. The normalized spacial score (nSPS) is 13.1. The molecule has 4 amide bonds. The third-order valence-corrected chi connectivity index (χ3v) is 5.04. The lowest BCUT2D eigenvalue weighted by atomic mass is 10.0. The number of carbonyl (C=O) groups is 6. The monoisotopic (exact) mass is 479 g/mol. The van der Waals surface area contributed by atoms with Gasteiger partial charge in [0.1, 0.15) is 18.6 Å². The van der Waals surface area contributed by atoms with E-state index in [0.29, 0.717) is 18.0 Å². The highest BCUT2D eigenvalue weighted by Gasteiger charge is 2.22. The topological polar surface area (TPSA) is 163 Å². The van der Waals surface area contributed by atoms with Crippen LogP contribution in [0.25, 0.3) is 0 Å². The van der Waals surface area contributed by atoms with Crippen LogP contribution < -0.4 is 26.4 Å². The Bertz CT molecular complexity index is 796. The van der Waals surface area contributed by atoms with E-state index in [1.807, 2.05) is 0 Å². The fourth-order valence-corrected chi connectivity index (χ4v) is 3.13. The van der Waals surface area contributed by atoms with E-state index in [-0.39, 0.29) is 27.7 Å². The third-order valence-electron chi connectivity index (χ3n) is 3.94. The molecule has 0 aliphatic rings. The highest BCUT2D eigenvalue weighted by atomic mass is 31.1. The molecule has 0 heterocycles. The van der Waals surface area contributed by atoms with Gasteiger partial charge in [0.2, 0.25) is 23.6 Å². The highest BCUT2D eigenvalue weighted by Crippen LogP contribution is 2.08. The first kappa shape index (κ1) is 29.6. The Morgan fingerprint density at radius 2 is 1.73 bits per heavy atom. The highest BCUT2D eigenvalue weighted by molar-refractivity contribution is 7.36. The van der Waals surface area contributed by atoms with Gasteiger partial charge in [-0.1, -0.05) is 31.4 Å². The molecule has 11 nitrogen and oxygen atoms in total. The van der Waals surface area contributed by atoms with Crippen LogP contribution in [0.1, 0.15) is 6.42 Å². The maximum absolute atomic E-state index is 12.6. The van der Waals surface area contributed by atoms with Gasteiger partial charge in [0.15, 0.2) is 0 Å². The molecular weight excluding hydrogens is 449 g/mol. The predicted octanol–water partition coefficient (Wildman–Crippen LogP) is -1.36. The van der Waals surface area contributed by atoms with Crippen molar-refractivity contribution in [3.05, 3.63) is 49.1 Å². The van der Waals surface area contributed by atoms with Crippen molar-refractivity contribution in [1.29, 1.82) is 0 Å². The van der Waals surface area contributed by atoms with Crippen molar-refractivity contribution in [2.24, 2.45) is 0 Å². The quantitative estimate of drug-likeness (QED) is 0.0745. The molecule has 0 aliphatic carbocycles. The number of rotatable bonds is 17. The van der Waals surface area contributed by atoms with Crippen LogP contribution in [-0.2, 0) is 28.8 Å². The van der Waals surface area contributed by atoms with Crippen molar-refractivity contribution in [3.63, 3.8) is 0 Å². The Labute approximate surface area is 194 Å². The zero-order valence-electron chi connectivity index (χ0n) is 18.4. The van der Waals surface area contributed by atoms with Crippen molar-refractivity contribution in [3.8, 4) is 0 Å². The first-order chi connectivity index (χ1) is 15.8. The summed E-state index contributed by atoms with van der Waals surface area (Å²) in [4.78, 5) is 69.2. The molecule has 0 radical (unpaired) electrons. The van der Waals surface area contributed by atoms with Crippen molar-refractivity contribution in [1.82, 2.24) is 26.4 Å². The molecule has 0 rings (SSSR count). The molecule has 180 valence electrons. The second-order valence-electron chi connectivity index (χ2n) is 6.40. The molecule has 1 unspecified atom stereocenters. The second-order valence-corrected chi connectivity index (χ2v) is 7.41. The SMILES string of the molecule is C=C/C=C(\C=C)C[C@H](NC(=O)CNC(=O)/C=C\C=O)C(=O)NCC(=O)NPC[C@@H](C=O)NC. The number of nitrogens with one attached hydrogen (secondary N) is 5. The van der Waals surface area contributed by atoms with Crippen LogP contribution in [0.15, 0.2) is 49.1 Å². The van der Waals surface area contributed by atoms with E-state index in [0.717, 1.165) is 18.4 Å². The van der Waals surface area contributed by atoms with Gasteiger partial charge in [-0.3, -0.25) is 24.0 Å². The Hall–Kier alpha value is -3.43. The molecule has 0 bridgehead atoms. The number of allylic oxidation sites excluding steroid dienone is 4. The Balaban J connectivity index is 4.92. The number of carbonyl (C=O) groups excluding carboxylic acids is 6. The average Bonchev–Trinajstić information content (AvgIpc) is 2.81. The maximum atomic E-state index is 12.6. The zero-order valence-corrected chi connectivity index (χ0v) is 19.4. The standard InChI is InChI=1S/C21H30N5O6P/c1-4-7-15(5-2)10-17(25-19(30)11-23-18(29)8-6-9-27)21(32)24-12-20(31)26-33-14-16(13-28)22-3/h4-9,13,16-17,22,33H,1-2,10-12,14H2,3H3,(H,23,29)(H,24,32)(H,25,30)(H,26,31)/b8-6-,15-7+/t16-,17+/m1/s1. The van der Waals surface area contributed by atoms with E-state index < -0.39 is 36.2 Å². The van der Waals surface area contributed by atoms with Crippen LogP contribution in [0.5, 0.6) is 0 Å². The third kappa shape index (κ3) is 14.3. The van der Waals surface area contributed by atoms with Crippen LogP contribution in [0, 0.1) is 0 Å². The summed E-state index contributed by atoms with van der Waals surface area (Å²) in [5.74, 6) is -2.37. The molecule has 0 aromatic carbocycles. The van der Waals surface area contributed by atoms with Gasteiger partial charge in [-0.2, -0.15) is 0 Å². The lowest BCUT2D eigenvalue weighted by Crippen LogP contribution is -2.50. The van der Waals surface area contributed by atoms with Crippen molar-refractivity contribution in [2.75, 3.05) is 26.3 Å². The molecule has 5 N–H and O–H groups in total. The molecule has 12 heteroatoms. The summed E-state index contributed by atoms with van der Waals surface area (Å²) in [6.45, 7) is 6.47. The molecule has 0 aromatic rings. The van der Waals surface area contributed by atoms with Gasteiger partial charge in [-0.25, -0.2) is 0 Å². The molecule has 0 fully saturated rings. The van der Waals surface area contributed by atoms with E-state index in [9.17, 15) is 28.8 Å². The molecule has 0 saturated carbocycles. The summed E-state index contributed by atoms with van der Waals surface area (Å²) in [5.41, 5.74) is 0.612. The molecule has 0 aliphatic heterocycles. The van der Waals surface area contributed by atoms with E-state index in [1.165, 1.54) is 12.2 Å². The van der Waals surface area contributed by atoms with Gasteiger partial charge >= 0.3 is 0 Å². The lowest BCUT2D eigenvalue weighted by Gasteiger charge is -2.19. The Kier molecular flexibility index (Phi) is 16.3. The summed E-state index contributed by atoms with van der Waals surface area (Å²) >= 11 is 0. The largest absolute Gasteiger partial charge is 0.345 e. The Morgan fingerprint density at radius 3 is 2.30 bits per heavy atom. The average molecular weight is 479 g/mol. The first-order valence-corrected chi connectivity index (χ1v) is 11.1. The minimum Gasteiger partial charge on any atom is -0.345 e. The van der Waals surface area contributed by atoms with E-state index in [2.05, 4.69) is 39.5 Å². The van der Waals surface area contributed by atoms with E-state index >= 15 is 0 Å². The smallest absolute Gasteiger partial charge is 0.244 e. The minimum absolute atomic E-state index is 0.0217. The van der Waals surface area contributed by atoms with Crippen LogP contribution >= 0.6 is 8.73 Å². The summed E-state index contributed by atoms with van der Waals surface area (Å²) in [6, 6.07) is -1.43. The lowest BCUT2D eigenvalue weighted by molar-refractivity contribution is -0.130. The van der Waals surface area contributed by atoms with Gasteiger partial charge in [0, 0.05) is 18.7 Å². The molecule has 33 heavy (non-hydrogen) atoms. The van der Waals surface area contributed by atoms with Gasteiger partial charge < -0.3 is 31.1 Å². The van der Waals surface area contributed by atoms with E-state index in [4.69, 9.17) is 0 Å². The predicted molar refractivity (Wildman–Crippen MR) is 126 cm³/mol. The van der Waals surface area contributed by atoms with Gasteiger partial charge in [-0.05, 0) is 27.4 Å². The van der Waals surface area contributed by atoms with Crippen molar-refractivity contribution >= 4 is 44.9 Å². The van der Waals surface area contributed by atoms with Crippen LogP contribution in [0.2, 0.25) is 0 Å². The number of likely N-dealkylation sites (N-methyl/N-ethyl adjacent to an activating group) is 1. The minimum atomic E-state index is -1.05. The summed E-state index contributed by atoms with van der Waals surface area (Å²) in [6.07, 6.45) is 8.19. The fourth-order valence-electron chi connectivity index (χ4n) is 2.23. The van der Waals surface area contributed by atoms with Crippen LogP contribution in [-0.4, -0.2) is 74.6 Å². The number of amides is 4. The van der Waals surface area contributed by atoms with Gasteiger partial charge in [-0.15, -0.1) is 0 Å². The molecule has 0 spiro atoms. The number of hydrogen-bond acceptors (Lipinski definition) is 7. The second kappa shape index (κ2) is 18.2.